The van der Waals surface area contributed by atoms with Crippen LogP contribution in [0, 0.1) is 0 Å². The number of hydrogen-bond donors (Lipinski definition) is 1. The molecule has 4 aromatic rings. The van der Waals surface area contributed by atoms with Gasteiger partial charge in [-0.25, -0.2) is 9.97 Å². The lowest BCUT2D eigenvalue weighted by atomic mass is 10.2. The van der Waals surface area contributed by atoms with Crippen LogP contribution in [-0.4, -0.2) is 19.1 Å². The van der Waals surface area contributed by atoms with Crippen LogP contribution in [0.2, 0.25) is 0 Å². The highest BCUT2D eigenvalue weighted by Gasteiger charge is 2.20. The van der Waals surface area contributed by atoms with E-state index in [9.17, 15) is 0 Å². The van der Waals surface area contributed by atoms with Gasteiger partial charge in [0, 0.05) is 30.9 Å². The molecule has 0 atom stereocenters. The molecule has 0 fully saturated rings. The summed E-state index contributed by atoms with van der Waals surface area (Å²) in [5, 5.41) is 4.73. The molecule has 5 nitrogen and oxygen atoms in total. The number of benzene rings is 1. The third-order valence-electron chi connectivity index (χ3n) is 5.11. The molecular weight excluding hydrogens is 298 g/mol. The maximum absolute atomic E-state index is 4.85. The van der Waals surface area contributed by atoms with Crippen molar-refractivity contribution >= 4 is 33.6 Å². The molecule has 0 saturated carbocycles. The van der Waals surface area contributed by atoms with Crippen LogP contribution in [0.4, 0.5) is 11.5 Å². The molecular formula is C19H19N5. The number of pyridine rings is 1. The van der Waals surface area contributed by atoms with Gasteiger partial charge in [0.1, 0.15) is 11.5 Å². The first-order chi connectivity index (χ1) is 11.7. The van der Waals surface area contributed by atoms with E-state index in [0.717, 1.165) is 28.2 Å². The quantitative estimate of drug-likeness (QED) is 0.613. The second kappa shape index (κ2) is 4.84. The van der Waals surface area contributed by atoms with E-state index >= 15 is 0 Å². The summed E-state index contributed by atoms with van der Waals surface area (Å²) in [6.45, 7) is 0. The number of rotatable bonds is 2. The lowest BCUT2D eigenvalue weighted by Crippen LogP contribution is -1.98. The molecule has 24 heavy (non-hydrogen) atoms. The Hall–Kier alpha value is -2.82. The minimum absolute atomic E-state index is 0.878. The predicted molar refractivity (Wildman–Crippen MR) is 96.7 cm³/mol. The Labute approximate surface area is 139 Å². The van der Waals surface area contributed by atoms with Crippen LogP contribution < -0.4 is 5.32 Å². The summed E-state index contributed by atoms with van der Waals surface area (Å²) in [5.74, 6) is 0.878. The normalized spacial score (nSPS) is 13.8. The molecule has 1 aliphatic carbocycles. The molecule has 5 rings (SSSR count). The minimum Gasteiger partial charge on any atom is -0.340 e. The Morgan fingerprint density at radius 2 is 2.00 bits per heavy atom. The zero-order valence-electron chi connectivity index (χ0n) is 13.9. The van der Waals surface area contributed by atoms with E-state index in [4.69, 9.17) is 4.98 Å². The molecule has 0 bridgehead atoms. The largest absolute Gasteiger partial charge is 0.340 e. The second-order valence-corrected chi connectivity index (χ2v) is 6.59. The highest BCUT2D eigenvalue weighted by molar-refractivity contribution is 5.85. The van der Waals surface area contributed by atoms with Crippen molar-refractivity contribution in [2.24, 2.45) is 14.1 Å². The fraction of sp³-hybridized carbons (Fsp3) is 0.263. The van der Waals surface area contributed by atoms with Gasteiger partial charge in [0.05, 0.1) is 17.4 Å². The standard InChI is InChI=1S/C19H19N5/c1-23-11-20-15-8-6-12(10-17(15)23)21-18-9-7-14-13-4-3-5-16(13)24(2)19(14)22-18/h6-11H,3-5H2,1-2H3,(H,21,22). The van der Waals surface area contributed by atoms with Crippen molar-refractivity contribution < 1.29 is 0 Å². The van der Waals surface area contributed by atoms with Crippen LogP contribution in [0.5, 0.6) is 0 Å². The topological polar surface area (TPSA) is 47.7 Å². The summed E-state index contributed by atoms with van der Waals surface area (Å²) in [5.41, 5.74) is 7.16. The molecule has 0 radical (unpaired) electrons. The van der Waals surface area contributed by atoms with E-state index in [1.54, 1.807) is 0 Å². The highest BCUT2D eigenvalue weighted by atomic mass is 15.1. The molecule has 3 heterocycles. The third kappa shape index (κ3) is 1.87. The molecule has 0 amide bonds. The van der Waals surface area contributed by atoms with Crippen molar-refractivity contribution in [1.82, 2.24) is 19.1 Å². The van der Waals surface area contributed by atoms with Gasteiger partial charge in [0.25, 0.3) is 0 Å². The van der Waals surface area contributed by atoms with Gasteiger partial charge in [-0.05, 0) is 55.2 Å². The van der Waals surface area contributed by atoms with Gasteiger partial charge >= 0.3 is 0 Å². The molecule has 3 aromatic heterocycles. The van der Waals surface area contributed by atoms with Crippen molar-refractivity contribution in [3.63, 3.8) is 0 Å². The average molecular weight is 317 g/mol. The maximum atomic E-state index is 4.85. The number of imidazole rings is 1. The van der Waals surface area contributed by atoms with E-state index in [1.807, 2.05) is 30.1 Å². The summed E-state index contributed by atoms with van der Waals surface area (Å²) >= 11 is 0. The smallest absolute Gasteiger partial charge is 0.142 e. The van der Waals surface area contributed by atoms with Crippen LogP contribution in [0.3, 0.4) is 0 Å². The molecule has 5 heteroatoms. The number of nitrogens with zero attached hydrogens (tertiary/aromatic N) is 4. The zero-order chi connectivity index (χ0) is 16.3. The van der Waals surface area contributed by atoms with E-state index in [-0.39, 0.29) is 0 Å². The first kappa shape index (κ1) is 13.6. The molecule has 0 spiro atoms. The SMILES string of the molecule is Cn1cnc2ccc(Nc3ccc4c5c(n(C)c4n3)CCC5)cc21. The molecule has 120 valence electrons. The van der Waals surface area contributed by atoms with E-state index in [2.05, 4.69) is 40.1 Å². The second-order valence-electron chi connectivity index (χ2n) is 6.59. The minimum atomic E-state index is 0.878. The van der Waals surface area contributed by atoms with Crippen LogP contribution in [0.15, 0.2) is 36.7 Å². The zero-order valence-corrected chi connectivity index (χ0v) is 13.9. The monoisotopic (exact) mass is 317 g/mol. The van der Waals surface area contributed by atoms with E-state index in [0.29, 0.717) is 0 Å². The van der Waals surface area contributed by atoms with Crippen LogP contribution >= 0.6 is 0 Å². The van der Waals surface area contributed by atoms with Crippen molar-refractivity contribution in [2.45, 2.75) is 19.3 Å². The average Bonchev–Trinajstić information content (AvgIpc) is 3.27. The van der Waals surface area contributed by atoms with E-state index in [1.165, 1.54) is 35.9 Å². The molecule has 0 aliphatic heterocycles. The van der Waals surface area contributed by atoms with E-state index < -0.39 is 0 Å². The van der Waals surface area contributed by atoms with Gasteiger partial charge in [0.15, 0.2) is 0 Å². The molecule has 1 N–H and O–H groups in total. The Balaban J connectivity index is 1.56. The van der Waals surface area contributed by atoms with Gasteiger partial charge < -0.3 is 14.5 Å². The highest BCUT2D eigenvalue weighted by Crippen LogP contribution is 2.32. The van der Waals surface area contributed by atoms with Crippen molar-refractivity contribution in [3.8, 4) is 0 Å². The Kier molecular flexibility index (Phi) is 2.74. The fourth-order valence-corrected chi connectivity index (χ4v) is 3.88. The van der Waals surface area contributed by atoms with Crippen molar-refractivity contribution in [2.75, 3.05) is 5.32 Å². The Morgan fingerprint density at radius 1 is 1.08 bits per heavy atom. The first-order valence-corrected chi connectivity index (χ1v) is 8.36. The van der Waals surface area contributed by atoms with Gasteiger partial charge in [-0.3, -0.25) is 0 Å². The van der Waals surface area contributed by atoms with Crippen molar-refractivity contribution in [3.05, 3.63) is 47.9 Å². The molecule has 1 aliphatic rings. The number of aromatic nitrogens is 4. The lowest BCUT2D eigenvalue weighted by Gasteiger charge is -2.07. The predicted octanol–water partition coefficient (Wildman–Crippen LogP) is 3.69. The van der Waals surface area contributed by atoms with Gasteiger partial charge in [-0.2, -0.15) is 0 Å². The number of nitrogens with one attached hydrogen (secondary N) is 1. The van der Waals surface area contributed by atoms with Crippen LogP contribution in [-0.2, 0) is 26.9 Å². The number of aryl methyl sites for hydroxylation is 3. The summed E-state index contributed by atoms with van der Waals surface area (Å²) in [6, 6.07) is 10.5. The summed E-state index contributed by atoms with van der Waals surface area (Å²) in [7, 11) is 4.14. The first-order valence-electron chi connectivity index (χ1n) is 8.36. The Morgan fingerprint density at radius 3 is 2.92 bits per heavy atom. The maximum Gasteiger partial charge on any atom is 0.142 e. The summed E-state index contributed by atoms with van der Waals surface area (Å²) in [4.78, 5) is 9.22. The van der Waals surface area contributed by atoms with Gasteiger partial charge in [-0.1, -0.05) is 0 Å². The number of anilines is 2. The molecule has 0 saturated heterocycles. The summed E-state index contributed by atoms with van der Waals surface area (Å²) in [6.07, 6.45) is 5.45. The summed E-state index contributed by atoms with van der Waals surface area (Å²) < 4.78 is 4.28. The molecule has 0 unspecified atom stereocenters. The van der Waals surface area contributed by atoms with Crippen molar-refractivity contribution in [1.29, 1.82) is 0 Å². The van der Waals surface area contributed by atoms with Crippen LogP contribution in [0.1, 0.15) is 17.7 Å². The third-order valence-corrected chi connectivity index (χ3v) is 5.11. The lowest BCUT2D eigenvalue weighted by molar-refractivity contribution is 0.824. The molecule has 1 aromatic carbocycles. The van der Waals surface area contributed by atoms with Gasteiger partial charge in [0.2, 0.25) is 0 Å². The fourth-order valence-electron chi connectivity index (χ4n) is 3.88. The number of hydrogen-bond acceptors (Lipinski definition) is 3. The number of fused-ring (bicyclic) bond motifs is 4. The van der Waals surface area contributed by atoms with Gasteiger partial charge in [-0.15, -0.1) is 0 Å². The Bertz CT molecular complexity index is 1090. The van der Waals surface area contributed by atoms with Crippen LogP contribution in [0.25, 0.3) is 22.1 Å².